The zero-order valence-electron chi connectivity index (χ0n) is 13.4. The number of rotatable bonds is 6. The van der Waals surface area contributed by atoms with Crippen LogP contribution in [0.2, 0.25) is 0 Å². The van der Waals surface area contributed by atoms with E-state index >= 15 is 0 Å². The topological polar surface area (TPSA) is 121 Å². The smallest absolute Gasteiger partial charge is 0.322 e. The van der Waals surface area contributed by atoms with Crippen LogP contribution in [0.15, 0.2) is 18.2 Å². The third kappa shape index (κ3) is 4.48. The van der Waals surface area contributed by atoms with E-state index < -0.39 is 18.4 Å². The largest absolute Gasteiger partial charge is 0.480 e. The molecule has 1 heterocycles. The van der Waals surface area contributed by atoms with Crippen molar-refractivity contribution in [1.82, 2.24) is 20.6 Å². The summed E-state index contributed by atoms with van der Waals surface area (Å²) in [6.07, 6.45) is 0.00467. The lowest BCUT2D eigenvalue weighted by atomic mass is 10.1. The van der Waals surface area contributed by atoms with E-state index in [2.05, 4.69) is 20.6 Å². The Kier molecular flexibility index (Phi) is 5.41. The Bertz CT molecular complexity index is 804. The van der Waals surface area contributed by atoms with Gasteiger partial charge in [0.25, 0.3) is 5.91 Å². The maximum absolute atomic E-state index is 12.1. The summed E-state index contributed by atoms with van der Waals surface area (Å²) >= 11 is 0. The second-order valence-corrected chi connectivity index (χ2v) is 5.27. The van der Waals surface area contributed by atoms with Gasteiger partial charge in [0, 0.05) is 18.5 Å². The lowest BCUT2D eigenvalue weighted by Crippen LogP contribution is -2.33. The van der Waals surface area contributed by atoms with E-state index in [-0.39, 0.29) is 18.9 Å². The lowest BCUT2D eigenvalue weighted by molar-refractivity contribution is -0.137. The molecule has 0 aliphatic heterocycles. The van der Waals surface area contributed by atoms with Crippen molar-refractivity contribution in [2.24, 2.45) is 0 Å². The second kappa shape index (κ2) is 7.49. The average Bonchev–Trinajstić information content (AvgIpc) is 2.53. The summed E-state index contributed by atoms with van der Waals surface area (Å²) in [5.74, 6) is -1.88. The number of fused-ring (bicyclic) bond motifs is 1. The quantitative estimate of drug-likeness (QED) is 0.712. The number of aromatic nitrogens is 2. The molecule has 0 aliphatic rings. The van der Waals surface area contributed by atoms with Crippen molar-refractivity contribution in [3.05, 3.63) is 35.2 Å². The molecule has 2 rings (SSSR count). The number of amides is 2. The molecular formula is C16H18N4O4. The number of carbonyl (C=O) groups excluding carboxylic acids is 2. The predicted molar refractivity (Wildman–Crippen MR) is 86.6 cm³/mol. The molecule has 0 unspecified atom stereocenters. The zero-order valence-corrected chi connectivity index (χ0v) is 13.4. The molecule has 1 aromatic heterocycles. The van der Waals surface area contributed by atoms with E-state index in [4.69, 9.17) is 5.11 Å². The summed E-state index contributed by atoms with van der Waals surface area (Å²) in [5, 5.41) is 13.3. The van der Waals surface area contributed by atoms with Gasteiger partial charge < -0.3 is 15.7 Å². The second-order valence-electron chi connectivity index (χ2n) is 5.27. The van der Waals surface area contributed by atoms with Crippen LogP contribution in [-0.2, 0) is 9.59 Å². The highest BCUT2D eigenvalue weighted by Gasteiger charge is 2.10. The maximum atomic E-state index is 12.1. The van der Waals surface area contributed by atoms with Crippen molar-refractivity contribution in [2.75, 3.05) is 13.1 Å². The van der Waals surface area contributed by atoms with Gasteiger partial charge in [0.05, 0.1) is 22.4 Å². The van der Waals surface area contributed by atoms with Crippen LogP contribution < -0.4 is 10.6 Å². The van der Waals surface area contributed by atoms with Crippen LogP contribution >= 0.6 is 0 Å². The first-order chi connectivity index (χ1) is 11.4. The molecular weight excluding hydrogens is 312 g/mol. The highest BCUT2D eigenvalue weighted by Crippen LogP contribution is 2.14. The third-order valence-corrected chi connectivity index (χ3v) is 3.41. The van der Waals surface area contributed by atoms with Gasteiger partial charge in [0.15, 0.2) is 0 Å². The number of aryl methyl sites for hydroxylation is 2. The van der Waals surface area contributed by atoms with Crippen LogP contribution in [-0.4, -0.2) is 45.9 Å². The molecule has 0 aliphatic carbocycles. The van der Waals surface area contributed by atoms with Crippen LogP contribution in [0.3, 0.4) is 0 Å². The molecule has 0 radical (unpaired) electrons. The molecule has 1 aromatic carbocycles. The fourth-order valence-corrected chi connectivity index (χ4v) is 2.03. The highest BCUT2D eigenvalue weighted by molar-refractivity contribution is 5.97. The number of carboxylic acid groups (broad SMARTS) is 1. The monoisotopic (exact) mass is 330 g/mol. The molecule has 0 fully saturated rings. The van der Waals surface area contributed by atoms with Crippen molar-refractivity contribution in [3.63, 3.8) is 0 Å². The van der Waals surface area contributed by atoms with Gasteiger partial charge in [0.1, 0.15) is 6.54 Å². The number of nitrogens with one attached hydrogen (secondary N) is 2. The summed E-state index contributed by atoms with van der Waals surface area (Å²) < 4.78 is 0. The lowest BCUT2D eigenvalue weighted by Gasteiger charge is -2.07. The van der Waals surface area contributed by atoms with Crippen molar-refractivity contribution < 1.29 is 19.5 Å². The Morgan fingerprint density at radius 2 is 1.71 bits per heavy atom. The Morgan fingerprint density at radius 3 is 2.38 bits per heavy atom. The van der Waals surface area contributed by atoms with Gasteiger partial charge in [-0.05, 0) is 32.0 Å². The first kappa shape index (κ1) is 17.3. The van der Waals surface area contributed by atoms with E-state index in [0.717, 1.165) is 11.4 Å². The van der Waals surface area contributed by atoms with Crippen molar-refractivity contribution >= 4 is 28.8 Å². The number of hydrogen-bond donors (Lipinski definition) is 3. The van der Waals surface area contributed by atoms with Crippen molar-refractivity contribution in [2.45, 2.75) is 20.3 Å². The standard InChI is InChI=1S/C16H18N4O4/c1-9-10(2)20-13-7-11(3-4-12(13)19-9)16(24)17-6-5-14(21)18-8-15(22)23/h3-4,7H,5-6,8H2,1-2H3,(H,17,24)(H,18,21)(H,22,23). The molecule has 3 N–H and O–H groups in total. The molecule has 24 heavy (non-hydrogen) atoms. The minimum atomic E-state index is -1.12. The molecule has 0 saturated carbocycles. The normalized spacial score (nSPS) is 10.4. The minimum absolute atomic E-state index is 0.00467. The third-order valence-electron chi connectivity index (χ3n) is 3.41. The van der Waals surface area contributed by atoms with Gasteiger partial charge in [-0.25, -0.2) is 9.97 Å². The number of nitrogens with zero attached hydrogens (tertiary/aromatic N) is 2. The van der Waals surface area contributed by atoms with Crippen LogP contribution in [0, 0.1) is 13.8 Å². The van der Waals surface area contributed by atoms with Crippen LogP contribution in [0.1, 0.15) is 28.2 Å². The first-order valence-corrected chi connectivity index (χ1v) is 7.38. The summed E-state index contributed by atoms with van der Waals surface area (Å²) in [6, 6.07) is 5.02. The van der Waals surface area contributed by atoms with Gasteiger partial charge in [-0.2, -0.15) is 0 Å². The maximum Gasteiger partial charge on any atom is 0.322 e. The molecule has 0 saturated heterocycles. The van der Waals surface area contributed by atoms with Gasteiger partial charge in [-0.3, -0.25) is 14.4 Å². The molecule has 2 aromatic rings. The number of hydrogen-bond acceptors (Lipinski definition) is 5. The molecule has 2 amide bonds. The predicted octanol–water partition coefficient (Wildman–Crippen LogP) is 0.567. The molecule has 0 bridgehead atoms. The Balaban J connectivity index is 1.95. The van der Waals surface area contributed by atoms with Gasteiger partial charge in [-0.15, -0.1) is 0 Å². The summed E-state index contributed by atoms with van der Waals surface area (Å²) in [6.45, 7) is 3.40. The van der Waals surface area contributed by atoms with E-state index in [9.17, 15) is 14.4 Å². The van der Waals surface area contributed by atoms with Crippen LogP contribution in [0.4, 0.5) is 0 Å². The Morgan fingerprint density at radius 1 is 1.04 bits per heavy atom. The summed E-state index contributed by atoms with van der Waals surface area (Å²) in [4.78, 5) is 42.6. The molecule has 0 atom stereocenters. The van der Waals surface area contributed by atoms with Crippen LogP contribution in [0.5, 0.6) is 0 Å². The van der Waals surface area contributed by atoms with E-state index in [1.807, 2.05) is 13.8 Å². The number of carboxylic acids is 1. The molecule has 8 heteroatoms. The van der Waals surface area contributed by atoms with Gasteiger partial charge in [-0.1, -0.05) is 0 Å². The molecule has 8 nitrogen and oxygen atoms in total. The summed E-state index contributed by atoms with van der Waals surface area (Å²) in [7, 11) is 0. The molecule has 0 spiro atoms. The zero-order chi connectivity index (χ0) is 17.7. The SMILES string of the molecule is Cc1nc2ccc(C(=O)NCCC(=O)NCC(=O)O)cc2nc1C. The minimum Gasteiger partial charge on any atom is -0.480 e. The first-order valence-electron chi connectivity index (χ1n) is 7.38. The Labute approximate surface area is 138 Å². The van der Waals surface area contributed by atoms with E-state index in [0.29, 0.717) is 16.6 Å². The van der Waals surface area contributed by atoms with Gasteiger partial charge >= 0.3 is 5.97 Å². The number of aliphatic carboxylic acids is 1. The fraction of sp³-hybridized carbons (Fsp3) is 0.312. The number of carbonyl (C=O) groups is 3. The van der Waals surface area contributed by atoms with Gasteiger partial charge in [0.2, 0.25) is 5.91 Å². The Hall–Kier alpha value is -3.03. The molecule has 126 valence electrons. The summed E-state index contributed by atoms with van der Waals surface area (Å²) in [5.41, 5.74) is 3.40. The highest BCUT2D eigenvalue weighted by atomic mass is 16.4. The van der Waals surface area contributed by atoms with Crippen molar-refractivity contribution in [1.29, 1.82) is 0 Å². The van der Waals surface area contributed by atoms with Crippen molar-refractivity contribution in [3.8, 4) is 0 Å². The van der Waals surface area contributed by atoms with E-state index in [1.165, 1.54) is 0 Å². The number of benzene rings is 1. The average molecular weight is 330 g/mol. The van der Waals surface area contributed by atoms with Crippen LogP contribution in [0.25, 0.3) is 11.0 Å². The fourth-order valence-electron chi connectivity index (χ4n) is 2.03. The van der Waals surface area contributed by atoms with E-state index in [1.54, 1.807) is 18.2 Å².